The van der Waals surface area contributed by atoms with Gasteiger partial charge in [0.05, 0.1) is 17.4 Å². The molecule has 5 heteroatoms. The number of hydrogen-bond acceptors (Lipinski definition) is 4. The minimum Gasteiger partial charge on any atom is -0.396 e. The third-order valence-electron chi connectivity index (χ3n) is 2.93. The first-order chi connectivity index (χ1) is 8.24. The second kappa shape index (κ2) is 5.80. The molecule has 0 spiro atoms. The lowest BCUT2D eigenvalue weighted by molar-refractivity contribution is 0.207. The molecule has 0 atom stereocenters. The Labute approximate surface area is 110 Å². The molecule has 0 radical (unpaired) electrons. The average molecular weight is 254 g/mol. The molecule has 0 saturated heterocycles. The quantitative estimate of drug-likeness (QED) is 0.808. The molecule has 0 aliphatic carbocycles. The molecular formula is C13H26N4O. The Kier molecular flexibility index (Phi) is 4.87. The van der Waals surface area contributed by atoms with Gasteiger partial charge in [0.15, 0.2) is 0 Å². The van der Waals surface area contributed by atoms with Crippen molar-refractivity contribution in [1.29, 1.82) is 0 Å². The standard InChI is InChI=1S/C13H26N4O/c1-12(2,3)17-9-11(15-16-17)8-14-10-13(4,5)6-7-18/h9,14,18H,6-8,10H2,1-5H3. The van der Waals surface area contributed by atoms with Crippen LogP contribution in [0.15, 0.2) is 6.20 Å². The van der Waals surface area contributed by atoms with E-state index in [-0.39, 0.29) is 17.6 Å². The lowest BCUT2D eigenvalue weighted by Crippen LogP contribution is -2.30. The monoisotopic (exact) mass is 254 g/mol. The molecule has 0 aliphatic rings. The van der Waals surface area contributed by atoms with Gasteiger partial charge in [-0.05, 0) is 32.6 Å². The molecular weight excluding hydrogens is 228 g/mol. The molecule has 1 heterocycles. The molecule has 1 rings (SSSR count). The maximum absolute atomic E-state index is 8.96. The van der Waals surface area contributed by atoms with Crippen LogP contribution in [-0.4, -0.2) is 33.3 Å². The van der Waals surface area contributed by atoms with Crippen LogP contribution >= 0.6 is 0 Å². The van der Waals surface area contributed by atoms with Gasteiger partial charge in [0.1, 0.15) is 0 Å². The first-order valence-electron chi connectivity index (χ1n) is 6.48. The Hall–Kier alpha value is -0.940. The van der Waals surface area contributed by atoms with Gasteiger partial charge in [-0.2, -0.15) is 0 Å². The molecule has 104 valence electrons. The molecule has 0 unspecified atom stereocenters. The fraction of sp³-hybridized carbons (Fsp3) is 0.846. The molecule has 0 aliphatic heterocycles. The van der Waals surface area contributed by atoms with E-state index in [0.29, 0.717) is 6.54 Å². The second-order valence-electron chi connectivity index (χ2n) is 6.57. The van der Waals surface area contributed by atoms with Crippen LogP contribution in [0.2, 0.25) is 0 Å². The normalized spacial score (nSPS) is 13.0. The molecule has 0 saturated carbocycles. The summed E-state index contributed by atoms with van der Waals surface area (Å²) < 4.78 is 1.88. The number of rotatable bonds is 6. The average Bonchev–Trinajstić information content (AvgIpc) is 2.65. The van der Waals surface area contributed by atoms with Gasteiger partial charge in [-0.25, -0.2) is 4.68 Å². The van der Waals surface area contributed by atoms with Crippen LogP contribution in [0.1, 0.15) is 46.7 Å². The predicted octanol–water partition coefficient (Wildman–Crippen LogP) is 1.53. The molecule has 0 aromatic carbocycles. The van der Waals surface area contributed by atoms with Gasteiger partial charge in [-0.1, -0.05) is 19.1 Å². The molecule has 2 N–H and O–H groups in total. The summed E-state index contributed by atoms with van der Waals surface area (Å²) in [7, 11) is 0. The van der Waals surface area contributed by atoms with Gasteiger partial charge in [-0.15, -0.1) is 5.10 Å². The third kappa shape index (κ3) is 4.74. The molecule has 1 aromatic rings. The number of aliphatic hydroxyl groups is 1. The first kappa shape index (κ1) is 15.1. The number of aliphatic hydroxyl groups excluding tert-OH is 1. The van der Waals surface area contributed by atoms with E-state index in [1.807, 2.05) is 10.9 Å². The molecule has 18 heavy (non-hydrogen) atoms. The summed E-state index contributed by atoms with van der Waals surface area (Å²) >= 11 is 0. The predicted molar refractivity (Wildman–Crippen MR) is 72.2 cm³/mol. The Morgan fingerprint density at radius 1 is 1.28 bits per heavy atom. The van der Waals surface area contributed by atoms with Gasteiger partial charge >= 0.3 is 0 Å². The number of nitrogens with one attached hydrogen (secondary N) is 1. The minimum absolute atomic E-state index is 0.0264. The molecule has 0 bridgehead atoms. The van der Waals surface area contributed by atoms with E-state index < -0.39 is 0 Å². The SMILES string of the molecule is CC(C)(CCO)CNCc1cn(C(C)(C)C)nn1. The minimum atomic E-state index is -0.0264. The highest BCUT2D eigenvalue weighted by atomic mass is 16.3. The lowest BCUT2D eigenvalue weighted by atomic mass is 9.90. The smallest absolute Gasteiger partial charge is 0.0965 e. The summed E-state index contributed by atoms with van der Waals surface area (Å²) in [6, 6.07) is 0. The third-order valence-corrected chi connectivity index (χ3v) is 2.93. The van der Waals surface area contributed by atoms with Crippen LogP contribution in [0.3, 0.4) is 0 Å². The number of aromatic nitrogens is 3. The summed E-state index contributed by atoms with van der Waals surface area (Å²) in [6.07, 6.45) is 2.78. The largest absolute Gasteiger partial charge is 0.396 e. The van der Waals surface area contributed by atoms with Crippen molar-refractivity contribution in [1.82, 2.24) is 20.3 Å². The van der Waals surface area contributed by atoms with Crippen molar-refractivity contribution in [3.63, 3.8) is 0 Å². The van der Waals surface area contributed by atoms with Gasteiger partial charge in [-0.3, -0.25) is 0 Å². The second-order valence-corrected chi connectivity index (χ2v) is 6.57. The van der Waals surface area contributed by atoms with Gasteiger partial charge < -0.3 is 10.4 Å². The van der Waals surface area contributed by atoms with Crippen molar-refractivity contribution < 1.29 is 5.11 Å². The Bertz CT molecular complexity index is 365. The summed E-state index contributed by atoms with van der Waals surface area (Å²) in [4.78, 5) is 0. The van der Waals surface area contributed by atoms with Crippen molar-refractivity contribution in [2.75, 3.05) is 13.2 Å². The van der Waals surface area contributed by atoms with E-state index >= 15 is 0 Å². The molecule has 5 nitrogen and oxygen atoms in total. The summed E-state index contributed by atoms with van der Waals surface area (Å²) in [5.41, 5.74) is 1.03. The fourth-order valence-electron chi connectivity index (χ4n) is 1.63. The van der Waals surface area contributed by atoms with E-state index in [0.717, 1.165) is 18.7 Å². The Balaban J connectivity index is 2.43. The van der Waals surface area contributed by atoms with Crippen LogP contribution in [0.5, 0.6) is 0 Å². The van der Waals surface area contributed by atoms with Crippen LogP contribution in [-0.2, 0) is 12.1 Å². The molecule has 1 aromatic heterocycles. The van der Waals surface area contributed by atoms with Gasteiger partial charge in [0, 0.05) is 19.7 Å². The van der Waals surface area contributed by atoms with Crippen molar-refractivity contribution in [3.8, 4) is 0 Å². The van der Waals surface area contributed by atoms with E-state index in [2.05, 4.69) is 50.2 Å². The van der Waals surface area contributed by atoms with Crippen LogP contribution in [0, 0.1) is 5.41 Å². The maximum atomic E-state index is 8.96. The zero-order valence-electron chi connectivity index (χ0n) is 12.2. The summed E-state index contributed by atoms with van der Waals surface area (Å²) in [5.74, 6) is 0. The lowest BCUT2D eigenvalue weighted by Gasteiger charge is -2.23. The summed E-state index contributed by atoms with van der Waals surface area (Å²) in [6.45, 7) is 12.4. The highest BCUT2D eigenvalue weighted by Gasteiger charge is 2.17. The van der Waals surface area contributed by atoms with Crippen molar-refractivity contribution >= 4 is 0 Å². The Morgan fingerprint density at radius 3 is 2.44 bits per heavy atom. The van der Waals surface area contributed by atoms with E-state index in [9.17, 15) is 0 Å². The zero-order chi connectivity index (χ0) is 13.8. The first-order valence-corrected chi connectivity index (χ1v) is 6.48. The van der Waals surface area contributed by atoms with Gasteiger partial charge in [0.2, 0.25) is 0 Å². The van der Waals surface area contributed by atoms with Crippen molar-refractivity contribution in [3.05, 3.63) is 11.9 Å². The number of nitrogens with zero attached hydrogens (tertiary/aromatic N) is 3. The van der Waals surface area contributed by atoms with E-state index in [1.54, 1.807) is 0 Å². The van der Waals surface area contributed by atoms with Crippen LogP contribution < -0.4 is 5.32 Å². The molecule has 0 amide bonds. The molecule has 0 fully saturated rings. The fourth-order valence-corrected chi connectivity index (χ4v) is 1.63. The van der Waals surface area contributed by atoms with Crippen molar-refractivity contribution in [2.45, 2.75) is 53.1 Å². The zero-order valence-corrected chi connectivity index (χ0v) is 12.2. The number of hydrogen-bond donors (Lipinski definition) is 2. The maximum Gasteiger partial charge on any atom is 0.0965 e. The van der Waals surface area contributed by atoms with E-state index in [1.165, 1.54) is 0 Å². The Morgan fingerprint density at radius 2 is 1.94 bits per heavy atom. The highest BCUT2D eigenvalue weighted by molar-refractivity contribution is 4.94. The highest BCUT2D eigenvalue weighted by Crippen LogP contribution is 2.18. The van der Waals surface area contributed by atoms with Crippen molar-refractivity contribution in [2.24, 2.45) is 5.41 Å². The topological polar surface area (TPSA) is 63.0 Å². The van der Waals surface area contributed by atoms with E-state index in [4.69, 9.17) is 5.11 Å². The summed E-state index contributed by atoms with van der Waals surface area (Å²) in [5, 5.41) is 20.6. The van der Waals surface area contributed by atoms with Crippen LogP contribution in [0.25, 0.3) is 0 Å². The van der Waals surface area contributed by atoms with Crippen LogP contribution in [0.4, 0.5) is 0 Å². The van der Waals surface area contributed by atoms with Gasteiger partial charge in [0.25, 0.3) is 0 Å².